The van der Waals surface area contributed by atoms with Crippen LogP contribution >= 0.6 is 35.3 Å². The highest BCUT2D eigenvalue weighted by Gasteiger charge is 2.30. The van der Waals surface area contributed by atoms with Crippen molar-refractivity contribution in [3.8, 4) is 0 Å². The molecule has 0 spiro atoms. The molecule has 19 heavy (non-hydrogen) atoms. The molecule has 0 radical (unpaired) electrons. The molecule has 8 heteroatoms. The molecule has 1 fully saturated rings. The molecule has 0 aliphatic carbocycles. The van der Waals surface area contributed by atoms with Crippen molar-refractivity contribution in [3.05, 3.63) is 16.5 Å². The Hall–Kier alpha value is 0.150. The van der Waals surface area contributed by atoms with E-state index in [1.165, 1.54) is 0 Å². The van der Waals surface area contributed by atoms with Crippen molar-refractivity contribution >= 4 is 45.4 Å². The van der Waals surface area contributed by atoms with E-state index >= 15 is 0 Å². The van der Waals surface area contributed by atoms with Gasteiger partial charge in [-0.2, -0.15) is 4.31 Å². The van der Waals surface area contributed by atoms with Crippen molar-refractivity contribution in [2.24, 2.45) is 11.7 Å². The van der Waals surface area contributed by atoms with Crippen LogP contribution in [0.25, 0.3) is 0 Å². The molecule has 2 rings (SSSR count). The Morgan fingerprint density at radius 2 is 2.21 bits per heavy atom. The zero-order valence-corrected chi connectivity index (χ0v) is 13.6. The van der Waals surface area contributed by atoms with Gasteiger partial charge >= 0.3 is 0 Å². The molecule has 0 aromatic carbocycles. The molecule has 0 saturated carbocycles. The molecular weight excluding hydrogens is 327 g/mol. The van der Waals surface area contributed by atoms with Crippen molar-refractivity contribution < 1.29 is 8.42 Å². The van der Waals surface area contributed by atoms with Gasteiger partial charge in [-0.15, -0.1) is 23.7 Å². The number of piperidine rings is 1. The molecule has 1 aromatic heterocycles. The maximum atomic E-state index is 12.4. The summed E-state index contributed by atoms with van der Waals surface area (Å²) in [6, 6.07) is 3.20. The molecule has 1 atom stereocenters. The van der Waals surface area contributed by atoms with Gasteiger partial charge in [-0.05, 0) is 43.9 Å². The summed E-state index contributed by atoms with van der Waals surface area (Å²) in [5.41, 5.74) is 5.54. The third kappa shape index (κ3) is 4.06. The van der Waals surface area contributed by atoms with Crippen molar-refractivity contribution in [1.29, 1.82) is 0 Å². The van der Waals surface area contributed by atoms with E-state index in [1.54, 1.807) is 16.4 Å². The van der Waals surface area contributed by atoms with Crippen molar-refractivity contribution in [2.45, 2.75) is 23.5 Å². The Labute approximate surface area is 129 Å². The SMILES string of the molecule is Cl.NCCC1CCCN(S(=O)(=O)c2ccc(Cl)s2)C1. The number of nitrogens with zero attached hydrogens (tertiary/aromatic N) is 1. The molecule has 0 bridgehead atoms. The molecule has 1 unspecified atom stereocenters. The summed E-state index contributed by atoms with van der Waals surface area (Å²) < 4.78 is 27.2. The molecule has 1 aliphatic rings. The van der Waals surface area contributed by atoms with Crippen LogP contribution in [0.4, 0.5) is 0 Å². The van der Waals surface area contributed by atoms with Crippen LogP contribution in [-0.2, 0) is 10.0 Å². The van der Waals surface area contributed by atoms with E-state index in [0.717, 1.165) is 30.6 Å². The van der Waals surface area contributed by atoms with Crippen LogP contribution < -0.4 is 5.73 Å². The lowest BCUT2D eigenvalue weighted by Crippen LogP contribution is -2.40. The number of thiophene rings is 1. The van der Waals surface area contributed by atoms with Gasteiger partial charge in [0, 0.05) is 13.1 Å². The fourth-order valence-corrected chi connectivity index (χ4v) is 5.47. The Bertz CT molecular complexity index is 503. The lowest BCUT2D eigenvalue weighted by atomic mass is 9.96. The molecule has 0 amide bonds. The Kier molecular flexibility index (Phi) is 6.56. The van der Waals surface area contributed by atoms with E-state index in [-0.39, 0.29) is 12.4 Å². The predicted molar refractivity (Wildman–Crippen MR) is 81.7 cm³/mol. The van der Waals surface area contributed by atoms with Gasteiger partial charge in [0.1, 0.15) is 4.21 Å². The van der Waals surface area contributed by atoms with Gasteiger partial charge < -0.3 is 5.73 Å². The van der Waals surface area contributed by atoms with Gasteiger partial charge in [0.05, 0.1) is 4.34 Å². The first-order valence-electron chi connectivity index (χ1n) is 5.99. The van der Waals surface area contributed by atoms with Gasteiger partial charge in [-0.25, -0.2) is 8.42 Å². The van der Waals surface area contributed by atoms with E-state index in [0.29, 0.717) is 34.1 Å². The summed E-state index contributed by atoms with van der Waals surface area (Å²) in [5.74, 6) is 0.383. The van der Waals surface area contributed by atoms with Gasteiger partial charge in [0.15, 0.2) is 0 Å². The van der Waals surface area contributed by atoms with Crippen molar-refractivity contribution in [1.82, 2.24) is 4.31 Å². The highest BCUT2D eigenvalue weighted by Crippen LogP contribution is 2.31. The Morgan fingerprint density at radius 1 is 1.47 bits per heavy atom. The molecule has 110 valence electrons. The van der Waals surface area contributed by atoms with E-state index < -0.39 is 10.0 Å². The van der Waals surface area contributed by atoms with Crippen LogP contribution in [0.15, 0.2) is 16.3 Å². The first-order valence-corrected chi connectivity index (χ1v) is 8.63. The maximum Gasteiger partial charge on any atom is 0.252 e. The average Bonchev–Trinajstić information content (AvgIpc) is 2.77. The minimum Gasteiger partial charge on any atom is -0.330 e. The van der Waals surface area contributed by atoms with Gasteiger partial charge in [0.25, 0.3) is 10.0 Å². The average molecular weight is 345 g/mol. The van der Waals surface area contributed by atoms with E-state index in [2.05, 4.69) is 0 Å². The van der Waals surface area contributed by atoms with Crippen LogP contribution in [0.2, 0.25) is 4.34 Å². The highest BCUT2D eigenvalue weighted by molar-refractivity contribution is 7.91. The minimum absolute atomic E-state index is 0. The molecular formula is C11H18Cl2N2O2S2. The van der Waals surface area contributed by atoms with Gasteiger partial charge in [-0.3, -0.25) is 0 Å². The van der Waals surface area contributed by atoms with E-state index in [4.69, 9.17) is 17.3 Å². The lowest BCUT2D eigenvalue weighted by molar-refractivity contribution is 0.258. The second-order valence-corrected chi connectivity index (χ2v) is 8.39. The van der Waals surface area contributed by atoms with Crippen molar-refractivity contribution in [3.63, 3.8) is 0 Å². The maximum absolute atomic E-state index is 12.4. The monoisotopic (exact) mass is 344 g/mol. The van der Waals surface area contributed by atoms with Gasteiger partial charge in [-0.1, -0.05) is 11.6 Å². The standard InChI is InChI=1S/C11H17ClN2O2S2.ClH/c12-10-3-4-11(17-10)18(15,16)14-7-1-2-9(8-14)5-6-13;/h3-4,9H,1-2,5-8,13H2;1H. The summed E-state index contributed by atoms with van der Waals surface area (Å²) in [6.07, 6.45) is 2.86. The van der Waals surface area contributed by atoms with Crippen LogP contribution in [-0.4, -0.2) is 32.4 Å². The quantitative estimate of drug-likeness (QED) is 0.912. The number of hydrogen-bond donors (Lipinski definition) is 1. The zero-order valence-electron chi connectivity index (χ0n) is 10.4. The molecule has 1 saturated heterocycles. The van der Waals surface area contributed by atoms with Crippen LogP contribution in [0.1, 0.15) is 19.3 Å². The van der Waals surface area contributed by atoms with Crippen LogP contribution in [0.5, 0.6) is 0 Å². The highest BCUT2D eigenvalue weighted by atomic mass is 35.5. The summed E-state index contributed by atoms with van der Waals surface area (Å²) >= 11 is 6.92. The Balaban J connectivity index is 0.00000180. The zero-order chi connectivity index (χ0) is 13.2. The topological polar surface area (TPSA) is 63.4 Å². The third-order valence-corrected chi connectivity index (χ3v) is 6.76. The van der Waals surface area contributed by atoms with Gasteiger partial charge in [0.2, 0.25) is 0 Å². The Morgan fingerprint density at radius 3 is 2.79 bits per heavy atom. The normalized spacial score (nSPS) is 21.1. The number of hydrogen-bond acceptors (Lipinski definition) is 4. The molecule has 2 heterocycles. The second-order valence-electron chi connectivity index (χ2n) is 4.51. The first-order chi connectivity index (χ1) is 8.54. The molecule has 1 aromatic rings. The first kappa shape index (κ1) is 17.2. The van der Waals surface area contributed by atoms with Crippen molar-refractivity contribution in [2.75, 3.05) is 19.6 Å². The number of rotatable bonds is 4. The van der Waals surface area contributed by atoms with Crippen LogP contribution in [0, 0.1) is 5.92 Å². The second kappa shape index (κ2) is 7.24. The van der Waals surface area contributed by atoms with E-state index in [1.807, 2.05) is 0 Å². The minimum atomic E-state index is -3.37. The fraction of sp³-hybridized carbons (Fsp3) is 0.636. The van der Waals surface area contributed by atoms with Crippen LogP contribution in [0.3, 0.4) is 0 Å². The number of nitrogens with two attached hydrogens (primary N) is 1. The summed E-state index contributed by atoms with van der Waals surface area (Å²) in [5, 5.41) is 0. The predicted octanol–water partition coefficient (Wildman–Crippen LogP) is 2.57. The third-order valence-electron chi connectivity index (χ3n) is 3.20. The fourth-order valence-electron chi connectivity index (χ4n) is 2.28. The molecule has 2 N–H and O–H groups in total. The summed E-state index contributed by atoms with van der Waals surface area (Å²) in [6.45, 7) is 1.79. The summed E-state index contributed by atoms with van der Waals surface area (Å²) in [4.78, 5) is 0. The number of halogens is 2. The largest absolute Gasteiger partial charge is 0.330 e. The molecule has 1 aliphatic heterocycles. The lowest BCUT2D eigenvalue weighted by Gasteiger charge is -2.31. The molecule has 4 nitrogen and oxygen atoms in total. The van der Waals surface area contributed by atoms with E-state index in [9.17, 15) is 8.42 Å². The smallest absolute Gasteiger partial charge is 0.252 e. The number of sulfonamides is 1. The summed E-state index contributed by atoms with van der Waals surface area (Å²) in [7, 11) is -3.37.